The summed E-state index contributed by atoms with van der Waals surface area (Å²) >= 11 is 8.56. The van der Waals surface area contributed by atoms with Crippen molar-refractivity contribution in [1.29, 1.82) is 0 Å². The third-order valence-corrected chi connectivity index (χ3v) is 2.48. The van der Waals surface area contributed by atoms with E-state index >= 15 is 0 Å². The maximum atomic E-state index is 4.28. The highest BCUT2D eigenvalue weighted by molar-refractivity contribution is 7.80. The standard InChI is InChI=1S/C8H10S2/c1-5-3-8(10)6(2)4-7(5)9/h3-4,9-10H,1-2H3. The molecule has 1 aromatic rings. The molecule has 0 aliphatic carbocycles. The van der Waals surface area contributed by atoms with Crippen molar-refractivity contribution in [1.82, 2.24) is 0 Å². The smallest absolute Gasteiger partial charge is 0.00726 e. The predicted octanol–water partition coefficient (Wildman–Crippen LogP) is 2.88. The van der Waals surface area contributed by atoms with Crippen molar-refractivity contribution in [3.8, 4) is 0 Å². The molecular weight excluding hydrogens is 160 g/mol. The molecule has 0 nitrogen and oxygen atoms in total. The van der Waals surface area contributed by atoms with E-state index in [-0.39, 0.29) is 0 Å². The molecule has 0 aliphatic rings. The van der Waals surface area contributed by atoms with Gasteiger partial charge in [0, 0.05) is 9.79 Å². The average Bonchev–Trinajstić information content (AvgIpc) is 1.84. The fraction of sp³-hybridized carbons (Fsp3) is 0.250. The van der Waals surface area contributed by atoms with E-state index in [1.807, 2.05) is 26.0 Å². The van der Waals surface area contributed by atoms with Crippen molar-refractivity contribution < 1.29 is 0 Å². The van der Waals surface area contributed by atoms with E-state index in [0.717, 1.165) is 9.79 Å². The number of hydrogen-bond acceptors (Lipinski definition) is 2. The Kier molecular flexibility index (Phi) is 2.32. The fourth-order valence-electron chi connectivity index (χ4n) is 0.786. The normalized spacial score (nSPS) is 10.0. The number of benzene rings is 1. The Morgan fingerprint density at radius 1 is 0.900 bits per heavy atom. The van der Waals surface area contributed by atoms with Crippen molar-refractivity contribution >= 4 is 25.3 Å². The van der Waals surface area contributed by atoms with Crippen LogP contribution in [0.2, 0.25) is 0 Å². The molecule has 0 N–H and O–H groups in total. The molecule has 1 rings (SSSR count). The van der Waals surface area contributed by atoms with Gasteiger partial charge in [0.15, 0.2) is 0 Å². The van der Waals surface area contributed by atoms with Gasteiger partial charge in [-0.1, -0.05) is 0 Å². The first-order chi connectivity index (χ1) is 4.61. The van der Waals surface area contributed by atoms with Crippen LogP contribution < -0.4 is 0 Å². The van der Waals surface area contributed by atoms with E-state index in [0.29, 0.717) is 0 Å². The summed E-state index contributed by atoms with van der Waals surface area (Å²) in [6.45, 7) is 4.06. The van der Waals surface area contributed by atoms with Crippen molar-refractivity contribution in [3.05, 3.63) is 23.3 Å². The van der Waals surface area contributed by atoms with Crippen molar-refractivity contribution in [2.45, 2.75) is 23.6 Å². The molecule has 0 amide bonds. The molecule has 54 valence electrons. The van der Waals surface area contributed by atoms with Crippen LogP contribution in [0.1, 0.15) is 11.1 Å². The zero-order valence-corrected chi connectivity index (χ0v) is 7.84. The van der Waals surface area contributed by atoms with Gasteiger partial charge < -0.3 is 0 Å². The first-order valence-electron chi connectivity index (χ1n) is 3.10. The summed E-state index contributed by atoms with van der Waals surface area (Å²) in [6, 6.07) is 4.06. The molecule has 0 saturated heterocycles. The molecule has 0 aromatic heterocycles. The largest absolute Gasteiger partial charge is 0.143 e. The van der Waals surface area contributed by atoms with Crippen LogP contribution in [-0.2, 0) is 0 Å². The molecule has 0 fully saturated rings. The van der Waals surface area contributed by atoms with Crippen LogP contribution in [0, 0.1) is 13.8 Å². The molecule has 0 bridgehead atoms. The molecule has 0 saturated carbocycles. The summed E-state index contributed by atoms with van der Waals surface area (Å²) in [5.41, 5.74) is 2.36. The quantitative estimate of drug-likeness (QED) is 0.550. The Hall–Kier alpha value is -0.0800. The Balaban J connectivity index is 3.28. The van der Waals surface area contributed by atoms with Gasteiger partial charge in [0.25, 0.3) is 0 Å². The summed E-state index contributed by atoms with van der Waals surface area (Å²) in [7, 11) is 0. The highest BCUT2D eigenvalue weighted by atomic mass is 32.1. The van der Waals surface area contributed by atoms with E-state index in [1.54, 1.807) is 0 Å². The second-order valence-electron chi connectivity index (χ2n) is 2.43. The van der Waals surface area contributed by atoms with Gasteiger partial charge in [-0.25, -0.2) is 0 Å². The summed E-state index contributed by atoms with van der Waals surface area (Å²) < 4.78 is 0. The zero-order chi connectivity index (χ0) is 7.72. The van der Waals surface area contributed by atoms with Crippen molar-refractivity contribution in [2.24, 2.45) is 0 Å². The van der Waals surface area contributed by atoms with E-state index in [4.69, 9.17) is 0 Å². The summed E-state index contributed by atoms with van der Waals surface area (Å²) in [6.07, 6.45) is 0. The Morgan fingerprint density at radius 3 is 1.50 bits per heavy atom. The Bertz CT molecular complexity index is 203. The lowest BCUT2D eigenvalue weighted by molar-refractivity contribution is 1.19. The van der Waals surface area contributed by atoms with Crippen LogP contribution in [0.5, 0.6) is 0 Å². The highest BCUT2D eigenvalue weighted by Crippen LogP contribution is 2.20. The van der Waals surface area contributed by atoms with E-state index in [9.17, 15) is 0 Å². The van der Waals surface area contributed by atoms with Gasteiger partial charge in [-0.3, -0.25) is 0 Å². The highest BCUT2D eigenvalue weighted by Gasteiger charge is 1.96. The topological polar surface area (TPSA) is 0 Å². The fourth-order valence-corrected chi connectivity index (χ4v) is 1.30. The number of hydrogen-bond donors (Lipinski definition) is 2. The van der Waals surface area contributed by atoms with Crippen LogP contribution in [0.4, 0.5) is 0 Å². The van der Waals surface area contributed by atoms with Gasteiger partial charge in [-0.2, -0.15) is 0 Å². The average molecular weight is 170 g/mol. The molecular formula is C8H10S2. The van der Waals surface area contributed by atoms with Gasteiger partial charge in [0.05, 0.1) is 0 Å². The SMILES string of the molecule is Cc1cc(S)c(C)cc1S. The van der Waals surface area contributed by atoms with Crippen LogP contribution in [0.3, 0.4) is 0 Å². The summed E-state index contributed by atoms with van der Waals surface area (Å²) in [5, 5.41) is 0. The molecule has 0 unspecified atom stereocenters. The van der Waals surface area contributed by atoms with Gasteiger partial charge >= 0.3 is 0 Å². The molecule has 10 heavy (non-hydrogen) atoms. The molecule has 1 aromatic carbocycles. The second kappa shape index (κ2) is 2.89. The maximum Gasteiger partial charge on any atom is 0.00726 e. The molecule has 0 spiro atoms. The minimum Gasteiger partial charge on any atom is -0.143 e. The van der Waals surface area contributed by atoms with Gasteiger partial charge in [-0.05, 0) is 37.1 Å². The van der Waals surface area contributed by atoms with Crippen LogP contribution >= 0.6 is 25.3 Å². The first kappa shape index (κ1) is 8.02. The third-order valence-electron chi connectivity index (χ3n) is 1.51. The van der Waals surface area contributed by atoms with Crippen LogP contribution in [0.25, 0.3) is 0 Å². The zero-order valence-electron chi connectivity index (χ0n) is 6.05. The molecule has 2 heteroatoms. The lowest BCUT2D eigenvalue weighted by Gasteiger charge is -2.02. The van der Waals surface area contributed by atoms with E-state index < -0.39 is 0 Å². The van der Waals surface area contributed by atoms with Crippen LogP contribution in [0.15, 0.2) is 21.9 Å². The third kappa shape index (κ3) is 1.50. The van der Waals surface area contributed by atoms with Crippen molar-refractivity contribution in [2.75, 3.05) is 0 Å². The molecule has 0 radical (unpaired) electrons. The second-order valence-corrected chi connectivity index (χ2v) is 3.39. The molecule has 0 aliphatic heterocycles. The van der Waals surface area contributed by atoms with Gasteiger partial charge in [-0.15, -0.1) is 25.3 Å². The first-order valence-corrected chi connectivity index (χ1v) is 4.00. The molecule has 0 atom stereocenters. The Morgan fingerprint density at radius 2 is 1.20 bits per heavy atom. The number of rotatable bonds is 0. The summed E-state index contributed by atoms with van der Waals surface area (Å²) in [5.74, 6) is 0. The van der Waals surface area contributed by atoms with Crippen LogP contribution in [-0.4, -0.2) is 0 Å². The Labute approximate surface area is 72.5 Å². The number of aryl methyl sites for hydroxylation is 2. The lowest BCUT2D eigenvalue weighted by atomic mass is 10.2. The molecule has 0 heterocycles. The monoisotopic (exact) mass is 170 g/mol. The lowest BCUT2D eigenvalue weighted by Crippen LogP contribution is -1.80. The van der Waals surface area contributed by atoms with E-state index in [1.165, 1.54) is 11.1 Å². The predicted molar refractivity (Wildman–Crippen MR) is 50.4 cm³/mol. The van der Waals surface area contributed by atoms with E-state index in [2.05, 4.69) is 25.3 Å². The number of thiol groups is 2. The van der Waals surface area contributed by atoms with Crippen molar-refractivity contribution in [3.63, 3.8) is 0 Å². The van der Waals surface area contributed by atoms with Gasteiger partial charge in [0.2, 0.25) is 0 Å². The minimum absolute atomic E-state index is 1.04. The minimum atomic E-state index is 1.04. The van der Waals surface area contributed by atoms with Gasteiger partial charge in [0.1, 0.15) is 0 Å². The summed E-state index contributed by atoms with van der Waals surface area (Å²) in [4.78, 5) is 2.07. The maximum absolute atomic E-state index is 4.28.